The van der Waals surface area contributed by atoms with Crippen molar-refractivity contribution in [2.24, 2.45) is 5.92 Å². The van der Waals surface area contributed by atoms with Crippen LogP contribution in [0.5, 0.6) is 5.75 Å². The minimum absolute atomic E-state index is 0.0213. The van der Waals surface area contributed by atoms with Crippen molar-refractivity contribution in [2.75, 3.05) is 26.4 Å². The number of halogens is 2. The van der Waals surface area contributed by atoms with Gasteiger partial charge >= 0.3 is 0 Å². The predicted molar refractivity (Wildman–Crippen MR) is 123 cm³/mol. The van der Waals surface area contributed by atoms with Gasteiger partial charge in [-0.3, -0.25) is 0 Å². The highest BCUT2D eigenvalue weighted by Crippen LogP contribution is 2.42. The van der Waals surface area contributed by atoms with Crippen molar-refractivity contribution >= 4 is 34.1 Å². The van der Waals surface area contributed by atoms with Crippen molar-refractivity contribution in [1.82, 2.24) is 14.8 Å². The SMILES string of the molecule is CC1(C)OCC(COc2cc(Cl)c(Cl)c3[nH]cc(-c4cnn(C5CCCCO5)c4)c23)CO1. The quantitative estimate of drug-likeness (QED) is 0.499. The summed E-state index contributed by atoms with van der Waals surface area (Å²) in [5.41, 5.74) is 2.65. The molecule has 1 N–H and O–H groups in total. The molecule has 172 valence electrons. The summed E-state index contributed by atoms with van der Waals surface area (Å²) in [6.45, 7) is 6.19. The summed E-state index contributed by atoms with van der Waals surface area (Å²) in [7, 11) is 0. The van der Waals surface area contributed by atoms with Crippen molar-refractivity contribution in [3.63, 3.8) is 0 Å². The molecule has 1 unspecified atom stereocenters. The van der Waals surface area contributed by atoms with Crippen LogP contribution in [0.3, 0.4) is 0 Å². The molecule has 2 aliphatic rings. The van der Waals surface area contributed by atoms with E-state index >= 15 is 0 Å². The van der Waals surface area contributed by atoms with E-state index in [9.17, 15) is 0 Å². The maximum Gasteiger partial charge on any atom is 0.162 e. The van der Waals surface area contributed by atoms with E-state index in [4.69, 9.17) is 42.1 Å². The van der Waals surface area contributed by atoms with Crippen LogP contribution in [0.1, 0.15) is 39.3 Å². The smallest absolute Gasteiger partial charge is 0.162 e. The zero-order valence-electron chi connectivity index (χ0n) is 18.2. The van der Waals surface area contributed by atoms with Gasteiger partial charge in [-0.05, 0) is 33.1 Å². The third-order valence-electron chi connectivity index (χ3n) is 5.98. The minimum atomic E-state index is -0.552. The molecule has 4 heterocycles. The van der Waals surface area contributed by atoms with Gasteiger partial charge in [-0.1, -0.05) is 23.2 Å². The third-order valence-corrected chi connectivity index (χ3v) is 6.77. The summed E-state index contributed by atoms with van der Waals surface area (Å²) in [5, 5.41) is 6.33. The number of rotatable bonds is 5. The number of H-pyrrole nitrogens is 1. The molecule has 0 radical (unpaired) electrons. The monoisotopic (exact) mass is 479 g/mol. The fraction of sp³-hybridized carbons (Fsp3) is 0.522. The highest BCUT2D eigenvalue weighted by molar-refractivity contribution is 6.45. The molecule has 9 heteroatoms. The van der Waals surface area contributed by atoms with Crippen LogP contribution in [-0.2, 0) is 14.2 Å². The third kappa shape index (κ3) is 4.37. The van der Waals surface area contributed by atoms with Crippen LogP contribution < -0.4 is 4.74 Å². The number of benzene rings is 1. The van der Waals surface area contributed by atoms with Crippen LogP contribution in [-0.4, -0.2) is 47.0 Å². The van der Waals surface area contributed by atoms with Gasteiger partial charge < -0.3 is 23.9 Å². The normalized spacial score (nSPS) is 21.8. The highest BCUT2D eigenvalue weighted by atomic mass is 35.5. The van der Waals surface area contributed by atoms with Crippen LogP contribution in [0.4, 0.5) is 0 Å². The Morgan fingerprint density at radius 2 is 2.06 bits per heavy atom. The second-order valence-electron chi connectivity index (χ2n) is 8.85. The molecule has 2 saturated heterocycles. The van der Waals surface area contributed by atoms with Crippen LogP contribution in [0.25, 0.3) is 22.0 Å². The number of nitrogens with one attached hydrogen (secondary N) is 1. The lowest BCUT2D eigenvalue weighted by Crippen LogP contribution is -2.41. The van der Waals surface area contributed by atoms with E-state index < -0.39 is 5.79 Å². The average Bonchev–Trinajstić information content (AvgIpc) is 3.44. The van der Waals surface area contributed by atoms with Gasteiger partial charge in [0.15, 0.2) is 5.79 Å². The molecule has 2 aliphatic heterocycles. The van der Waals surface area contributed by atoms with Gasteiger partial charge in [0.2, 0.25) is 0 Å². The molecule has 7 nitrogen and oxygen atoms in total. The predicted octanol–water partition coefficient (Wildman–Crippen LogP) is 5.82. The molecule has 3 aromatic rings. The van der Waals surface area contributed by atoms with Gasteiger partial charge in [0, 0.05) is 42.1 Å². The molecule has 1 atom stereocenters. The number of ether oxygens (including phenoxy) is 4. The number of hydrogen-bond donors (Lipinski definition) is 1. The first-order valence-electron chi connectivity index (χ1n) is 11.0. The van der Waals surface area contributed by atoms with E-state index in [1.54, 1.807) is 6.07 Å². The van der Waals surface area contributed by atoms with Gasteiger partial charge in [-0.25, -0.2) is 4.68 Å². The molecule has 5 rings (SSSR count). The van der Waals surface area contributed by atoms with Crippen molar-refractivity contribution in [3.05, 3.63) is 34.7 Å². The first-order chi connectivity index (χ1) is 15.4. The molecule has 0 amide bonds. The van der Waals surface area contributed by atoms with Crippen LogP contribution in [0.15, 0.2) is 24.7 Å². The van der Waals surface area contributed by atoms with E-state index in [0.29, 0.717) is 35.6 Å². The van der Waals surface area contributed by atoms with Gasteiger partial charge in [0.1, 0.15) is 12.0 Å². The molecule has 0 bridgehead atoms. The van der Waals surface area contributed by atoms with Crippen LogP contribution in [0, 0.1) is 5.92 Å². The number of aromatic nitrogens is 3. The van der Waals surface area contributed by atoms with Gasteiger partial charge in [-0.15, -0.1) is 0 Å². The Morgan fingerprint density at radius 3 is 2.81 bits per heavy atom. The summed E-state index contributed by atoms with van der Waals surface area (Å²) in [6.07, 6.45) is 8.96. The molecule has 2 aromatic heterocycles. The molecular formula is C23H27Cl2N3O4. The van der Waals surface area contributed by atoms with E-state index in [0.717, 1.165) is 47.9 Å². The Morgan fingerprint density at radius 1 is 1.25 bits per heavy atom. The van der Waals surface area contributed by atoms with Gasteiger partial charge in [-0.2, -0.15) is 5.10 Å². The fourth-order valence-electron chi connectivity index (χ4n) is 4.16. The first-order valence-corrected chi connectivity index (χ1v) is 11.7. The summed E-state index contributed by atoms with van der Waals surface area (Å²) in [6, 6.07) is 1.77. The average molecular weight is 480 g/mol. The van der Waals surface area contributed by atoms with E-state index in [1.807, 2.05) is 37.1 Å². The molecular weight excluding hydrogens is 453 g/mol. The van der Waals surface area contributed by atoms with Crippen molar-refractivity contribution in [1.29, 1.82) is 0 Å². The van der Waals surface area contributed by atoms with Crippen molar-refractivity contribution < 1.29 is 18.9 Å². The van der Waals surface area contributed by atoms with E-state index in [-0.39, 0.29) is 12.1 Å². The number of aromatic amines is 1. The molecule has 0 spiro atoms. The summed E-state index contributed by atoms with van der Waals surface area (Å²) in [5.74, 6) is 0.238. The Bertz CT molecular complexity index is 1090. The van der Waals surface area contributed by atoms with Crippen molar-refractivity contribution in [3.8, 4) is 16.9 Å². The first kappa shape index (κ1) is 22.0. The zero-order chi connectivity index (χ0) is 22.3. The maximum atomic E-state index is 6.51. The van der Waals surface area contributed by atoms with Crippen molar-refractivity contribution in [2.45, 2.75) is 45.1 Å². The van der Waals surface area contributed by atoms with Gasteiger partial charge in [0.25, 0.3) is 0 Å². The lowest BCUT2D eigenvalue weighted by Gasteiger charge is -2.34. The lowest BCUT2D eigenvalue weighted by atomic mass is 10.1. The zero-order valence-corrected chi connectivity index (χ0v) is 19.7. The molecule has 1 aromatic carbocycles. The largest absolute Gasteiger partial charge is 0.492 e. The Kier molecular flexibility index (Phi) is 6.11. The van der Waals surface area contributed by atoms with Gasteiger partial charge in [0.05, 0.1) is 47.0 Å². The molecule has 0 saturated carbocycles. The minimum Gasteiger partial charge on any atom is -0.492 e. The molecule has 2 fully saturated rings. The second kappa shape index (κ2) is 8.88. The summed E-state index contributed by atoms with van der Waals surface area (Å²) >= 11 is 12.9. The fourth-order valence-corrected chi connectivity index (χ4v) is 4.56. The number of nitrogens with zero attached hydrogens (tertiary/aromatic N) is 2. The van der Waals surface area contributed by atoms with E-state index in [1.165, 1.54) is 0 Å². The number of hydrogen-bond acceptors (Lipinski definition) is 5. The second-order valence-corrected chi connectivity index (χ2v) is 9.64. The van der Waals surface area contributed by atoms with E-state index in [2.05, 4.69) is 10.1 Å². The summed E-state index contributed by atoms with van der Waals surface area (Å²) in [4.78, 5) is 3.26. The van der Waals surface area contributed by atoms with Crippen LogP contribution in [0.2, 0.25) is 10.0 Å². The Hall–Kier alpha value is -1.77. The maximum absolute atomic E-state index is 6.51. The molecule has 0 aliphatic carbocycles. The Balaban J connectivity index is 1.43. The Labute approximate surface area is 196 Å². The molecule has 32 heavy (non-hydrogen) atoms. The van der Waals surface area contributed by atoms with Crippen LogP contribution >= 0.6 is 23.2 Å². The standard InChI is InChI=1S/C23H27Cl2N3O4/c1-23(2)31-12-14(13-32-23)11-30-18-7-17(24)21(25)22-20(18)16(9-26-22)15-8-27-28(10-15)19-5-3-4-6-29-19/h7-10,14,19,26H,3-6,11-13H2,1-2H3. The topological polar surface area (TPSA) is 70.5 Å². The highest BCUT2D eigenvalue weighted by Gasteiger charge is 2.29. The number of fused-ring (bicyclic) bond motifs is 1. The lowest BCUT2D eigenvalue weighted by molar-refractivity contribution is -0.264. The summed E-state index contributed by atoms with van der Waals surface area (Å²) < 4.78 is 25.5.